The van der Waals surface area contributed by atoms with Gasteiger partial charge in [-0.05, 0) is 42.4 Å². The van der Waals surface area contributed by atoms with Crippen molar-refractivity contribution in [2.45, 2.75) is 32.6 Å². The number of benzene rings is 1. The van der Waals surface area contributed by atoms with Gasteiger partial charge in [-0.1, -0.05) is 49.3 Å². The lowest BCUT2D eigenvalue weighted by Gasteiger charge is -2.31. The Morgan fingerprint density at radius 1 is 1.23 bits per heavy atom. The molecule has 1 aliphatic rings. The third-order valence-electron chi connectivity index (χ3n) is 5.67. The number of carbonyl (C=O) groups is 1. The molecular formula is C23H27N5O2. The summed E-state index contributed by atoms with van der Waals surface area (Å²) in [4.78, 5) is 23.5. The van der Waals surface area contributed by atoms with Gasteiger partial charge in [0.05, 0.1) is 0 Å². The second kappa shape index (κ2) is 9.07. The largest absolute Gasteiger partial charge is 0.357 e. The normalized spacial score (nSPS) is 15.7. The highest BCUT2D eigenvalue weighted by atomic mass is 16.5. The van der Waals surface area contributed by atoms with Crippen molar-refractivity contribution in [3.8, 4) is 11.4 Å². The maximum atomic E-state index is 12.4. The minimum absolute atomic E-state index is 0.0320. The van der Waals surface area contributed by atoms with Crippen molar-refractivity contribution < 1.29 is 9.32 Å². The molecule has 4 rings (SSSR count). The molecule has 3 aromatic rings. The Bertz CT molecular complexity index is 980. The first-order chi connectivity index (χ1) is 14.6. The summed E-state index contributed by atoms with van der Waals surface area (Å²) >= 11 is 0. The van der Waals surface area contributed by atoms with Crippen molar-refractivity contribution in [2.24, 2.45) is 5.92 Å². The Kier molecular flexibility index (Phi) is 6.07. The molecule has 2 aromatic heterocycles. The molecule has 0 bridgehead atoms. The molecule has 7 heteroatoms. The van der Waals surface area contributed by atoms with Crippen LogP contribution >= 0.6 is 0 Å². The molecule has 1 aliphatic heterocycles. The number of carbonyl (C=O) groups excluding carboxylic acids is 1. The van der Waals surface area contributed by atoms with Gasteiger partial charge in [-0.15, -0.1) is 0 Å². The fourth-order valence-corrected chi connectivity index (χ4v) is 3.62. The number of rotatable bonds is 6. The van der Waals surface area contributed by atoms with Crippen molar-refractivity contribution >= 4 is 11.7 Å². The molecule has 1 fully saturated rings. The topological polar surface area (TPSA) is 84.2 Å². The van der Waals surface area contributed by atoms with Gasteiger partial charge in [0.1, 0.15) is 5.82 Å². The number of hydrogen-bond donors (Lipinski definition) is 1. The molecule has 0 saturated carbocycles. The van der Waals surface area contributed by atoms with Gasteiger partial charge < -0.3 is 14.7 Å². The van der Waals surface area contributed by atoms with Gasteiger partial charge in [0.2, 0.25) is 5.82 Å². The Hall–Kier alpha value is -3.22. The predicted molar refractivity (Wildman–Crippen MR) is 115 cm³/mol. The van der Waals surface area contributed by atoms with E-state index in [1.54, 1.807) is 6.20 Å². The van der Waals surface area contributed by atoms with Gasteiger partial charge in [-0.3, -0.25) is 4.79 Å². The van der Waals surface area contributed by atoms with Crippen LogP contribution in [0.15, 0.2) is 53.2 Å². The van der Waals surface area contributed by atoms with Crippen molar-refractivity contribution in [1.82, 2.24) is 20.4 Å². The molecule has 156 valence electrons. The number of nitrogens with one attached hydrogen (secondary N) is 1. The van der Waals surface area contributed by atoms with Crippen LogP contribution in [0, 0.1) is 5.92 Å². The molecule has 0 unspecified atom stereocenters. The number of piperidine rings is 1. The highest BCUT2D eigenvalue weighted by Crippen LogP contribution is 2.25. The first-order valence-corrected chi connectivity index (χ1v) is 10.5. The third-order valence-corrected chi connectivity index (χ3v) is 5.67. The SMILES string of the molecule is CC1CCN(c2cc(-c3noc(C(=O)NC[C@@H](C)c4ccccc4)n3)ccn2)CC1. The molecule has 1 saturated heterocycles. The fourth-order valence-electron chi connectivity index (χ4n) is 3.62. The minimum Gasteiger partial charge on any atom is -0.357 e. The second-order valence-corrected chi connectivity index (χ2v) is 8.02. The molecule has 1 atom stereocenters. The minimum atomic E-state index is -0.365. The van der Waals surface area contributed by atoms with Crippen LogP contribution in [-0.4, -0.2) is 40.7 Å². The van der Waals surface area contributed by atoms with Crippen LogP contribution in [0.4, 0.5) is 5.82 Å². The molecular weight excluding hydrogens is 378 g/mol. The van der Waals surface area contributed by atoms with Gasteiger partial charge >= 0.3 is 11.8 Å². The molecule has 30 heavy (non-hydrogen) atoms. The number of nitrogens with zero attached hydrogens (tertiary/aromatic N) is 4. The smallest absolute Gasteiger partial charge is 0.316 e. The quantitative estimate of drug-likeness (QED) is 0.670. The monoisotopic (exact) mass is 405 g/mol. The van der Waals surface area contributed by atoms with Crippen LogP contribution in [0.2, 0.25) is 0 Å². The highest BCUT2D eigenvalue weighted by molar-refractivity contribution is 5.89. The number of pyridine rings is 1. The van der Waals surface area contributed by atoms with E-state index in [9.17, 15) is 4.79 Å². The number of amides is 1. The van der Waals surface area contributed by atoms with Crippen LogP contribution in [-0.2, 0) is 0 Å². The Balaban J connectivity index is 1.40. The number of aromatic nitrogens is 3. The van der Waals surface area contributed by atoms with Gasteiger partial charge in [0.15, 0.2) is 0 Å². The van der Waals surface area contributed by atoms with E-state index in [2.05, 4.69) is 39.2 Å². The summed E-state index contributed by atoms with van der Waals surface area (Å²) in [5, 5.41) is 6.87. The summed E-state index contributed by atoms with van der Waals surface area (Å²) in [5.41, 5.74) is 1.96. The van der Waals surface area contributed by atoms with E-state index < -0.39 is 0 Å². The zero-order chi connectivity index (χ0) is 20.9. The molecule has 1 amide bonds. The second-order valence-electron chi connectivity index (χ2n) is 8.02. The first kappa shape index (κ1) is 20.1. The maximum absolute atomic E-state index is 12.4. The summed E-state index contributed by atoms with van der Waals surface area (Å²) in [7, 11) is 0. The summed E-state index contributed by atoms with van der Waals surface area (Å²) in [6, 6.07) is 13.8. The lowest BCUT2D eigenvalue weighted by atomic mass is 9.99. The zero-order valence-corrected chi connectivity index (χ0v) is 17.4. The Morgan fingerprint density at radius 3 is 2.77 bits per heavy atom. The van der Waals surface area contributed by atoms with Gasteiger partial charge in [-0.25, -0.2) is 4.98 Å². The highest BCUT2D eigenvalue weighted by Gasteiger charge is 2.20. The van der Waals surface area contributed by atoms with E-state index in [-0.39, 0.29) is 17.7 Å². The summed E-state index contributed by atoms with van der Waals surface area (Å²) < 4.78 is 5.21. The summed E-state index contributed by atoms with van der Waals surface area (Å²) in [6.07, 6.45) is 4.08. The van der Waals surface area contributed by atoms with E-state index in [4.69, 9.17) is 4.52 Å². The van der Waals surface area contributed by atoms with E-state index in [0.717, 1.165) is 30.4 Å². The van der Waals surface area contributed by atoms with Crippen LogP contribution in [0.1, 0.15) is 48.9 Å². The summed E-state index contributed by atoms with van der Waals surface area (Å²) in [6.45, 7) is 6.84. The van der Waals surface area contributed by atoms with E-state index in [1.807, 2.05) is 42.5 Å². The van der Waals surface area contributed by atoms with Crippen molar-refractivity contribution in [3.63, 3.8) is 0 Å². The Morgan fingerprint density at radius 2 is 2.00 bits per heavy atom. The van der Waals surface area contributed by atoms with Gasteiger partial charge in [-0.2, -0.15) is 4.98 Å². The molecule has 1 N–H and O–H groups in total. The molecule has 0 spiro atoms. The lowest BCUT2D eigenvalue weighted by Crippen LogP contribution is -2.33. The number of hydrogen-bond acceptors (Lipinski definition) is 6. The van der Waals surface area contributed by atoms with Crippen LogP contribution in [0.5, 0.6) is 0 Å². The molecule has 0 aliphatic carbocycles. The van der Waals surface area contributed by atoms with E-state index >= 15 is 0 Å². The van der Waals surface area contributed by atoms with Crippen molar-refractivity contribution in [1.29, 1.82) is 0 Å². The predicted octanol–water partition coefficient (Wildman–Crippen LogP) is 3.90. The Labute approximate surface area is 176 Å². The van der Waals surface area contributed by atoms with E-state index in [0.29, 0.717) is 12.4 Å². The standard InChI is InChI=1S/C23H27N5O2/c1-16-9-12-28(13-10-16)20-14-19(8-11-24-20)21-26-23(30-27-21)22(29)25-15-17(2)18-6-4-3-5-7-18/h3-8,11,14,16-17H,9-10,12-13,15H2,1-2H3,(H,25,29)/t17-/m1/s1. The molecule has 7 nitrogen and oxygen atoms in total. The third kappa shape index (κ3) is 4.67. The maximum Gasteiger partial charge on any atom is 0.316 e. The number of anilines is 1. The fraction of sp³-hybridized carbons (Fsp3) is 0.391. The summed E-state index contributed by atoms with van der Waals surface area (Å²) in [5.74, 6) is 1.85. The lowest BCUT2D eigenvalue weighted by molar-refractivity contribution is 0.0908. The van der Waals surface area contributed by atoms with Crippen LogP contribution in [0.3, 0.4) is 0 Å². The van der Waals surface area contributed by atoms with Gasteiger partial charge in [0.25, 0.3) is 0 Å². The van der Waals surface area contributed by atoms with Crippen LogP contribution in [0.25, 0.3) is 11.4 Å². The van der Waals surface area contributed by atoms with Gasteiger partial charge in [0, 0.05) is 31.4 Å². The average molecular weight is 406 g/mol. The molecule has 0 radical (unpaired) electrons. The first-order valence-electron chi connectivity index (χ1n) is 10.5. The zero-order valence-electron chi connectivity index (χ0n) is 17.4. The molecule has 1 aromatic carbocycles. The molecule has 3 heterocycles. The van der Waals surface area contributed by atoms with Crippen molar-refractivity contribution in [2.75, 3.05) is 24.5 Å². The van der Waals surface area contributed by atoms with E-state index in [1.165, 1.54) is 18.4 Å². The van der Waals surface area contributed by atoms with Crippen molar-refractivity contribution in [3.05, 3.63) is 60.1 Å². The van der Waals surface area contributed by atoms with Crippen LogP contribution < -0.4 is 10.2 Å². The average Bonchev–Trinajstić information content (AvgIpc) is 3.29.